The van der Waals surface area contributed by atoms with Crippen LogP contribution in [0.15, 0.2) is 30.6 Å². The van der Waals surface area contributed by atoms with Crippen molar-refractivity contribution in [3.63, 3.8) is 0 Å². The Kier molecular flexibility index (Phi) is 4.86. The van der Waals surface area contributed by atoms with E-state index in [1.54, 1.807) is 4.68 Å². The van der Waals surface area contributed by atoms with Crippen molar-refractivity contribution < 1.29 is 0 Å². The highest BCUT2D eigenvalue weighted by atomic mass is 35.5. The lowest BCUT2D eigenvalue weighted by molar-refractivity contribution is 0.610. The molecule has 0 saturated heterocycles. The van der Waals surface area contributed by atoms with E-state index in [4.69, 9.17) is 28.9 Å². The van der Waals surface area contributed by atoms with Crippen molar-refractivity contribution in [2.75, 3.05) is 0 Å². The van der Waals surface area contributed by atoms with E-state index in [1.165, 1.54) is 5.56 Å². The van der Waals surface area contributed by atoms with Crippen molar-refractivity contribution in [2.24, 2.45) is 12.8 Å². The molecule has 0 aliphatic rings. The van der Waals surface area contributed by atoms with E-state index >= 15 is 0 Å². The minimum Gasteiger partial charge on any atom is -0.327 e. The van der Waals surface area contributed by atoms with Crippen LogP contribution in [-0.4, -0.2) is 15.8 Å². The van der Waals surface area contributed by atoms with Crippen LogP contribution >= 0.6 is 23.2 Å². The van der Waals surface area contributed by atoms with E-state index in [9.17, 15) is 0 Å². The lowest BCUT2D eigenvalue weighted by Crippen LogP contribution is -2.23. The first-order chi connectivity index (χ1) is 9.06. The fraction of sp³-hybridized carbons (Fsp3) is 0.357. The Hall–Kier alpha value is -1.03. The van der Waals surface area contributed by atoms with Crippen LogP contribution in [0.5, 0.6) is 0 Å². The molecule has 102 valence electrons. The van der Waals surface area contributed by atoms with E-state index in [-0.39, 0.29) is 6.04 Å². The van der Waals surface area contributed by atoms with E-state index in [2.05, 4.69) is 5.10 Å². The molecule has 1 aromatic heterocycles. The molecule has 0 aliphatic heterocycles. The summed E-state index contributed by atoms with van der Waals surface area (Å²) in [7, 11) is 1.91. The Balaban J connectivity index is 1.92. The minimum atomic E-state index is 0.0395. The van der Waals surface area contributed by atoms with Gasteiger partial charge in [-0.2, -0.15) is 5.10 Å². The summed E-state index contributed by atoms with van der Waals surface area (Å²) in [5, 5.41) is 5.51. The second-order valence-corrected chi connectivity index (χ2v) is 5.54. The summed E-state index contributed by atoms with van der Waals surface area (Å²) in [4.78, 5) is 0. The molecule has 0 saturated carbocycles. The van der Waals surface area contributed by atoms with Crippen molar-refractivity contribution in [3.05, 3.63) is 51.8 Å². The molecule has 19 heavy (non-hydrogen) atoms. The van der Waals surface area contributed by atoms with Gasteiger partial charge in [-0.25, -0.2) is 0 Å². The van der Waals surface area contributed by atoms with Gasteiger partial charge >= 0.3 is 0 Å². The molecule has 0 aliphatic carbocycles. The molecular formula is C14H17Cl2N3. The van der Waals surface area contributed by atoms with Gasteiger partial charge in [-0.3, -0.25) is 4.68 Å². The molecule has 0 radical (unpaired) electrons. The molecule has 2 N–H and O–H groups in total. The summed E-state index contributed by atoms with van der Waals surface area (Å²) in [5.74, 6) is 0. The maximum absolute atomic E-state index is 6.15. The van der Waals surface area contributed by atoms with E-state index in [1.807, 2.05) is 37.6 Å². The minimum absolute atomic E-state index is 0.0395. The second kappa shape index (κ2) is 6.42. The van der Waals surface area contributed by atoms with Crippen LogP contribution in [0.2, 0.25) is 10.0 Å². The standard InChI is InChI=1S/C14H17Cl2N3/c1-19-9-10(8-18-19)5-6-11(17)7-12-13(15)3-2-4-14(12)16/h2-4,8-9,11H,5-7,17H2,1H3. The van der Waals surface area contributed by atoms with Crippen molar-refractivity contribution in [2.45, 2.75) is 25.3 Å². The zero-order valence-corrected chi connectivity index (χ0v) is 12.3. The molecule has 1 aromatic carbocycles. The smallest absolute Gasteiger partial charge is 0.0521 e. The summed E-state index contributed by atoms with van der Waals surface area (Å²) in [6, 6.07) is 5.57. The van der Waals surface area contributed by atoms with E-state index in [0.717, 1.165) is 18.4 Å². The fourth-order valence-electron chi connectivity index (χ4n) is 2.04. The molecule has 1 atom stereocenters. The van der Waals surface area contributed by atoms with Gasteiger partial charge < -0.3 is 5.73 Å². The molecule has 5 heteroatoms. The number of aryl methyl sites for hydroxylation is 2. The third-order valence-electron chi connectivity index (χ3n) is 3.09. The number of benzene rings is 1. The lowest BCUT2D eigenvalue weighted by Gasteiger charge is -2.13. The van der Waals surface area contributed by atoms with Gasteiger partial charge in [0.2, 0.25) is 0 Å². The molecule has 2 rings (SSSR count). The van der Waals surface area contributed by atoms with Crippen LogP contribution in [0.1, 0.15) is 17.5 Å². The van der Waals surface area contributed by atoms with E-state index < -0.39 is 0 Å². The van der Waals surface area contributed by atoms with Gasteiger partial charge in [0, 0.05) is 29.3 Å². The number of rotatable bonds is 5. The maximum Gasteiger partial charge on any atom is 0.0521 e. The number of nitrogens with two attached hydrogens (primary N) is 1. The zero-order chi connectivity index (χ0) is 13.8. The highest BCUT2D eigenvalue weighted by Gasteiger charge is 2.11. The zero-order valence-electron chi connectivity index (χ0n) is 10.8. The van der Waals surface area contributed by atoms with E-state index in [0.29, 0.717) is 16.5 Å². The second-order valence-electron chi connectivity index (χ2n) is 4.73. The Morgan fingerprint density at radius 1 is 1.32 bits per heavy atom. The average Bonchev–Trinajstić information content (AvgIpc) is 2.77. The average molecular weight is 298 g/mol. The Morgan fingerprint density at radius 2 is 2.00 bits per heavy atom. The molecule has 0 amide bonds. The first-order valence-electron chi connectivity index (χ1n) is 6.22. The summed E-state index contributed by atoms with van der Waals surface area (Å²) >= 11 is 12.3. The van der Waals surface area contributed by atoms with Gasteiger partial charge in [0.25, 0.3) is 0 Å². The van der Waals surface area contributed by atoms with Gasteiger partial charge in [0.1, 0.15) is 0 Å². The highest BCUT2D eigenvalue weighted by Crippen LogP contribution is 2.25. The number of halogens is 2. The van der Waals surface area contributed by atoms with Crippen LogP contribution in [0.4, 0.5) is 0 Å². The molecule has 2 aromatic rings. The topological polar surface area (TPSA) is 43.8 Å². The van der Waals surface area contributed by atoms with Gasteiger partial charge in [0.15, 0.2) is 0 Å². The Bertz CT molecular complexity index is 531. The number of hydrogen-bond donors (Lipinski definition) is 1. The summed E-state index contributed by atoms with van der Waals surface area (Å²) < 4.78 is 1.80. The molecule has 0 spiro atoms. The quantitative estimate of drug-likeness (QED) is 0.921. The molecule has 0 fully saturated rings. The number of nitrogens with zero attached hydrogens (tertiary/aromatic N) is 2. The van der Waals surface area contributed by atoms with Gasteiger partial charge in [0.05, 0.1) is 6.20 Å². The molecule has 1 heterocycles. The summed E-state index contributed by atoms with van der Waals surface area (Å²) in [6.45, 7) is 0. The third kappa shape index (κ3) is 3.96. The first-order valence-corrected chi connectivity index (χ1v) is 6.98. The normalized spacial score (nSPS) is 12.6. The van der Waals surface area contributed by atoms with Gasteiger partial charge in [-0.05, 0) is 42.5 Å². The van der Waals surface area contributed by atoms with Crippen molar-refractivity contribution in [1.29, 1.82) is 0 Å². The fourth-order valence-corrected chi connectivity index (χ4v) is 2.60. The maximum atomic E-state index is 6.15. The van der Waals surface area contributed by atoms with Crippen molar-refractivity contribution in [3.8, 4) is 0 Å². The first kappa shape index (κ1) is 14.4. The molecule has 3 nitrogen and oxygen atoms in total. The Morgan fingerprint density at radius 3 is 2.58 bits per heavy atom. The van der Waals surface area contributed by atoms with Crippen LogP contribution in [0, 0.1) is 0 Å². The predicted molar refractivity (Wildman–Crippen MR) is 79.7 cm³/mol. The SMILES string of the molecule is Cn1cc(CCC(N)Cc2c(Cl)cccc2Cl)cn1. The monoisotopic (exact) mass is 297 g/mol. The third-order valence-corrected chi connectivity index (χ3v) is 3.80. The van der Waals surface area contributed by atoms with Gasteiger partial charge in [-0.1, -0.05) is 29.3 Å². The van der Waals surface area contributed by atoms with Crippen molar-refractivity contribution in [1.82, 2.24) is 9.78 Å². The molecule has 0 bridgehead atoms. The summed E-state index contributed by atoms with van der Waals surface area (Å²) in [6.07, 6.45) is 6.37. The Labute approximate surface area is 123 Å². The highest BCUT2D eigenvalue weighted by molar-refractivity contribution is 6.35. The number of hydrogen-bond acceptors (Lipinski definition) is 2. The molecular weight excluding hydrogens is 281 g/mol. The van der Waals surface area contributed by atoms with Crippen LogP contribution < -0.4 is 5.73 Å². The summed E-state index contributed by atoms with van der Waals surface area (Å²) in [5.41, 5.74) is 8.29. The predicted octanol–water partition coefficient (Wildman–Crippen LogP) is 3.23. The van der Waals surface area contributed by atoms with Gasteiger partial charge in [-0.15, -0.1) is 0 Å². The molecule has 1 unspecified atom stereocenters. The number of aromatic nitrogens is 2. The lowest BCUT2D eigenvalue weighted by atomic mass is 10.0. The van der Waals surface area contributed by atoms with Crippen molar-refractivity contribution >= 4 is 23.2 Å². The van der Waals surface area contributed by atoms with Crippen LogP contribution in [0.25, 0.3) is 0 Å². The van der Waals surface area contributed by atoms with Crippen LogP contribution in [-0.2, 0) is 19.9 Å². The van der Waals surface area contributed by atoms with Crippen LogP contribution in [0.3, 0.4) is 0 Å². The largest absolute Gasteiger partial charge is 0.327 e.